The van der Waals surface area contributed by atoms with Crippen LogP contribution >= 0.6 is 11.6 Å². The number of aryl methyl sites for hydroxylation is 1. The van der Waals surface area contributed by atoms with Crippen molar-refractivity contribution in [1.82, 2.24) is 0 Å². The van der Waals surface area contributed by atoms with Crippen LogP contribution in [-0.4, -0.2) is 11.7 Å². The zero-order valence-corrected chi connectivity index (χ0v) is 9.30. The Kier molecular flexibility index (Phi) is 3.53. The quantitative estimate of drug-likeness (QED) is 0.809. The monoisotopic (exact) mass is 213 g/mol. The van der Waals surface area contributed by atoms with Gasteiger partial charge in [-0.05, 0) is 37.5 Å². The van der Waals surface area contributed by atoms with Crippen molar-refractivity contribution in [2.45, 2.75) is 25.8 Å². The molecule has 0 unspecified atom stereocenters. The van der Waals surface area contributed by atoms with Gasteiger partial charge in [0.15, 0.2) is 0 Å². The van der Waals surface area contributed by atoms with Gasteiger partial charge in [-0.25, -0.2) is 0 Å². The normalized spacial score (nSPS) is 15.2. The Bertz CT molecular complexity index is 303. The molecule has 1 aromatic rings. The van der Waals surface area contributed by atoms with Crippen molar-refractivity contribution in [1.29, 1.82) is 0 Å². The minimum absolute atomic E-state index is 0.0671. The molecule has 14 heavy (non-hydrogen) atoms. The molecule has 1 aromatic carbocycles. The van der Waals surface area contributed by atoms with Gasteiger partial charge in [-0.2, -0.15) is 0 Å². The standard InChI is InChI=1S/C11H16ClNO/c1-8-4-3-5-9(12)10(8)11(2,13)6-7-14/h3-5,14H,6-7,13H2,1-2H3/t11-/m1/s1. The maximum atomic E-state index is 8.92. The van der Waals surface area contributed by atoms with Crippen molar-refractivity contribution < 1.29 is 5.11 Å². The fraction of sp³-hybridized carbons (Fsp3) is 0.455. The van der Waals surface area contributed by atoms with Crippen molar-refractivity contribution in [3.63, 3.8) is 0 Å². The molecule has 0 heterocycles. The molecule has 3 heteroatoms. The van der Waals surface area contributed by atoms with E-state index >= 15 is 0 Å². The highest BCUT2D eigenvalue weighted by Crippen LogP contribution is 2.31. The summed E-state index contributed by atoms with van der Waals surface area (Å²) >= 11 is 6.09. The molecule has 2 nitrogen and oxygen atoms in total. The Morgan fingerprint density at radius 1 is 1.50 bits per heavy atom. The molecular formula is C11H16ClNO. The molecule has 0 aliphatic carbocycles. The minimum atomic E-state index is -0.558. The Hall–Kier alpha value is -0.570. The Balaban J connectivity index is 3.17. The fourth-order valence-corrected chi connectivity index (χ4v) is 2.15. The highest BCUT2D eigenvalue weighted by Gasteiger charge is 2.24. The zero-order valence-electron chi connectivity index (χ0n) is 8.55. The number of halogens is 1. The van der Waals surface area contributed by atoms with Crippen LogP contribution in [0.15, 0.2) is 18.2 Å². The van der Waals surface area contributed by atoms with Crippen LogP contribution in [-0.2, 0) is 5.54 Å². The van der Waals surface area contributed by atoms with Crippen LogP contribution in [0.4, 0.5) is 0 Å². The first-order valence-corrected chi connectivity index (χ1v) is 5.02. The topological polar surface area (TPSA) is 46.2 Å². The van der Waals surface area contributed by atoms with E-state index in [1.165, 1.54) is 0 Å². The number of nitrogens with two attached hydrogens (primary N) is 1. The van der Waals surface area contributed by atoms with Gasteiger partial charge < -0.3 is 10.8 Å². The summed E-state index contributed by atoms with van der Waals surface area (Å²) in [5, 5.41) is 9.59. The average molecular weight is 214 g/mol. The van der Waals surface area contributed by atoms with Crippen LogP contribution in [0.25, 0.3) is 0 Å². The smallest absolute Gasteiger partial charge is 0.0459 e. The van der Waals surface area contributed by atoms with E-state index < -0.39 is 5.54 Å². The Labute approximate surface area is 89.7 Å². The zero-order chi connectivity index (χ0) is 10.8. The molecule has 3 N–H and O–H groups in total. The van der Waals surface area contributed by atoms with E-state index in [1.807, 2.05) is 32.0 Å². The SMILES string of the molecule is Cc1cccc(Cl)c1[C@](C)(N)CCO. The summed E-state index contributed by atoms with van der Waals surface area (Å²) in [6.45, 7) is 3.93. The van der Waals surface area contributed by atoms with Gasteiger partial charge in [-0.3, -0.25) is 0 Å². The van der Waals surface area contributed by atoms with Gasteiger partial charge in [0.2, 0.25) is 0 Å². The first kappa shape index (κ1) is 11.5. The van der Waals surface area contributed by atoms with Gasteiger partial charge in [-0.15, -0.1) is 0 Å². The highest BCUT2D eigenvalue weighted by molar-refractivity contribution is 6.31. The molecular weight excluding hydrogens is 198 g/mol. The maximum Gasteiger partial charge on any atom is 0.0459 e. The first-order chi connectivity index (χ1) is 6.49. The van der Waals surface area contributed by atoms with Crippen molar-refractivity contribution >= 4 is 11.6 Å². The molecule has 0 saturated carbocycles. The predicted molar refractivity (Wildman–Crippen MR) is 59.4 cm³/mol. The summed E-state index contributed by atoms with van der Waals surface area (Å²) in [5.74, 6) is 0. The second-order valence-electron chi connectivity index (χ2n) is 3.82. The highest BCUT2D eigenvalue weighted by atomic mass is 35.5. The van der Waals surface area contributed by atoms with Gasteiger partial charge >= 0.3 is 0 Å². The molecule has 78 valence electrons. The maximum absolute atomic E-state index is 8.92. The van der Waals surface area contributed by atoms with Crippen LogP contribution in [0.3, 0.4) is 0 Å². The molecule has 0 bridgehead atoms. The van der Waals surface area contributed by atoms with E-state index in [9.17, 15) is 0 Å². The number of aliphatic hydroxyl groups is 1. The number of hydrogen-bond donors (Lipinski definition) is 2. The second kappa shape index (κ2) is 4.30. The molecule has 1 rings (SSSR count). The van der Waals surface area contributed by atoms with E-state index in [4.69, 9.17) is 22.4 Å². The van der Waals surface area contributed by atoms with Gasteiger partial charge in [0.1, 0.15) is 0 Å². The van der Waals surface area contributed by atoms with Gasteiger partial charge in [0.05, 0.1) is 0 Å². The largest absolute Gasteiger partial charge is 0.396 e. The minimum Gasteiger partial charge on any atom is -0.396 e. The predicted octanol–water partition coefficient (Wildman–Crippen LogP) is 2.20. The van der Waals surface area contributed by atoms with E-state index in [0.717, 1.165) is 11.1 Å². The van der Waals surface area contributed by atoms with E-state index in [1.54, 1.807) is 0 Å². The molecule has 1 atom stereocenters. The van der Waals surface area contributed by atoms with Crippen LogP contribution in [0.2, 0.25) is 5.02 Å². The number of hydrogen-bond acceptors (Lipinski definition) is 2. The molecule has 0 fully saturated rings. The Morgan fingerprint density at radius 2 is 2.14 bits per heavy atom. The third-order valence-corrected chi connectivity index (χ3v) is 2.74. The summed E-state index contributed by atoms with van der Waals surface area (Å²) in [5.41, 5.74) is 7.54. The first-order valence-electron chi connectivity index (χ1n) is 4.64. The Morgan fingerprint density at radius 3 is 2.64 bits per heavy atom. The molecule has 0 aliphatic heterocycles. The van der Waals surface area contributed by atoms with Crippen LogP contribution in [0, 0.1) is 6.92 Å². The number of aliphatic hydroxyl groups excluding tert-OH is 1. The molecule has 0 amide bonds. The van der Waals surface area contributed by atoms with Gasteiger partial charge in [-0.1, -0.05) is 23.7 Å². The van der Waals surface area contributed by atoms with E-state index in [0.29, 0.717) is 11.4 Å². The number of rotatable bonds is 3. The lowest BCUT2D eigenvalue weighted by atomic mass is 9.87. The van der Waals surface area contributed by atoms with Gasteiger partial charge in [0, 0.05) is 17.2 Å². The lowest BCUT2D eigenvalue weighted by Gasteiger charge is -2.27. The summed E-state index contributed by atoms with van der Waals surface area (Å²) in [4.78, 5) is 0. The third-order valence-electron chi connectivity index (χ3n) is 2.42. The lowest BCUT2D eigenvalue weighted by molar-refractivity contribution is 0.247. The van der Waals surface area contributed by atoms with Crippen molar-refractivity contribution in [2.24, 2.45) is 5.73 Å². The van der Waals surface area contributed by atoms with Crippen LogP contribution in [0.5, 0.6) is 0 Å². The fourth-order valence-electron chi connectivity index (χ4n) is 1.71. The molecule has 0 aliphatic rings. The van der Waals surface area contributed by atoms with Crippen LogP contribution in [0.1, 0.15) is 24.5 Å². The third kappa shape index (κ3) is 2.27. The van der Waals surface area contributed by atoms with E-state index in [-0.39, 0.29) is 6.61 Å². The number of benzene rings is 1. The lowest BCUT2D eigenvalue weighted by Crippen LogP contribution is -2.35. The second-order valence-corrected chi connectivity index (χ2v) is 4.23. The van der Waals surface area contributed by atoms with Gasteiger partial charge in [0.25, 0.3) is 0 Å². The summed E-state index contributed by atoms with van der Waals surface area (Å²) in [7, 11) is 0. The molecule has 0 aromatic heterocycles. The average Bonchev–Trinajstić information content (AvgIpc) is 2.02. The van der Waals surface area contributed by atoms with Crippen molar-refractivity contribution in [2.75, 3.05) is 6.61 Å². The van der Waals surface area contributed by atoms with E-state index in [2.05, 4.69) is 0 Å². The summed E-state index contributed by atoms with van der Waals surface area (Å²) in [6, 6.07) is 5.70. The summed E-state index contributed by atoms with van der Waals surface area (Å²) < 4.78 is 0. The van der Waals surface area contributed by atoms with Crippen molar-refractivity contribution in [3.8, 4) is 0 Å². The van der Waals surface area contributed by atoms with Crippen LogP contribution < -0.4 is 5.73 Å². The van der Waals surface area contributed by atoms with Crippen molar-refractivity contribution in [3.05, 3.63) is 34.3 Å². The molecule has 0 saturated heterocycles. The molecule has 0 spiro atoms. The molecule has 0 radical (unpaired) electrons. The summed E-state index contributed by atoms with van der Waals surface area (Å²) in [6.07, 6.45) is 0.511.